The summed E-state index contributed by atoms with van der Waals surface area (Å²) in [6, 6.07) is 3.66. The molecule has 5 heteroatoms. The van der Waals surface area contributed by atoms with E-state index in [0.29, 0.717) is 18.8 Å². The summed E-state index contributed by atoms with van der Waals surface area (Å²) in [7, 11) is 0. The summed E-state index contributed by atoms with van der Waals surface area (Å²) in [5.74, 6) is 0.695. The van der Waals surface area contributed by atoms with Gasteiger partial charge in [0.2, 0.25) is 5.91 Å². The zero-order valence-electron chi connectivity index (χ0n) is 7.84. The SMILES string of the molecule is Cc1ccc(N2CC(S)CC2=O)nn1. The fourth-order valence-electron chi connectivity index (χ4n) is 1.45. The second-order valence-electron chi connectivity index (χ2n) is 3.40. The van der Waals surface area contributed by atoms with Crippen LogP contribution in [0.5, 0.6) is 0 Å². The van der Waals surface area contributed by atoms with Gasteiger partial charge in [0.15, 0.2) is 5.82 Å². The van der Waals surface area contributed by atoms with Crippen molar-refractivity contribution in [1.29, 1.82) is 0 Å². The highest BCUT2D eigenvalue weighted by Gasteiger charge is 2.29. The Morgan fingerprint density at radius 1 is 1.50 bits per heavy atom. The highest BCUT2D eigenvalue weighted by Crippen LogP contribution is 2.21. The van der Waals surface area contributed by atoms with E-state index in [2.05, 4.69) is 22.8 Å². The fourth-order valence-corrected chi connectivity index (χ4v) is 1.77. The Balaban J connectivity index is 2.23. The zero-order chi connectivity index (χ0) is 10.1. The standard InChI is InChI=1S/C9H11N3OS/c1-6-2-3-8(11-10-6)12-5-7(14)4-9(12)13/h2-3,7,14H,4-5H2,1H3. The fraction of sp³-hybridized carbons (Fsp3) is 0.444. The van der Waals surface area contributed by atoms with E-state index in [0.717, 1.165) is 5.69 Å². The lowest BCUT2D eigenvalue weighted by Gasteiger charge is -2.13. The van der Waals surface area contributed by atoms with Crippen molar-refractivity contribution < 1.29 is 4.79 Å². The number of aromatic nitrogens is 2. The number of carbonyl (C=O) groups is 1. The molecule has 0 spiro atoms. The van der Waals surface area contributed by atoms with Crippen molar-refractivity contribution in [2.45, 2.75) is 18.6 Å². The quantitative estimate of drug-likeness (QED) is 0.696. The molecule has 1 amide bonds. The minimum atomic E-state index is 0.0724. The number of nitrogens with zero attached hydrogens (tertiary/aromatic N) is 3. The summed E-state index contributed by atoms with van der Waals surface area (Å²) in [6.45, 7) is 2.49. The van der Waals surface area contributed by atoms with Crippen LogP contribution < -0.4 is 4.90 Å². The lowest BCUT2D eigenvalue weighted by molar-refractivity contribution is -0.117. The predicted octanol–water partition coefficient (Wildman–Crippen LogP) is 0.820. The summed E-state index contributed by atoms with van der Waals surface area (Å²) < 4.78 is 0. The number of aryl methyl sites for hydroxylation is 1. The molecule has 0 bridgehead atoms. The van der Waals surface area contributed by atoms with E-state index in [1.165, 1.54) is 0 Å². The largest absolute Gasteiger partial charge is 0.294 e. The number of anilines is 1. The van der Waals surface area contributed by atoms with Crippen LogP contribution in [-0.2, 0) is 4.79 Å². The smallest absolute Gasteiger partial charge is 0.229 e. The van der Waals surface area contributed by atoms with E-state index in [1.54, 1.807) is 4.90 Å². The van der Waals surface area contributed by atoms with Crippen molar-refractivity contribution in [2.24, 2.45) is 0 Å². The molecule has 1 fully saturated rings. The molecule has 1 aliphatic rings. The molecule has 0 radical (unpaired) electrons. The molecule has 4 nitrogen and oxygen atoms in total. The molecule has 0 N–H and O–H groups in total. The summed E-state index contributed by atoms with van der Waals surface area (Å²) >= 11 is 4.27. The normalized spacial score (nSPS) is 21.7. The van der Waals surface area contributed by atoms with Gasteiger partial charge in [-0.1, -0.05) is 0 Å². The first-order valence-corrected chi connectivity index (χ1v) is 4.97. The van der Waals surface area contributed by atoms with Gasteiger partial charge in [0.25, 0.3) is 0 Å². The number of hydrogen-bond donors (Lipinski definition) is 1. The predicted molar refractivity (Wildman–Crippen MR) is 56.5 cm³/mol. The van der Waals surface area contributed by atoms with Gasteiger partial charge in [-0.15, -0.1) is 5.10 Å². The average Bonchev–Trinajstić information content (AvgIpc) is 2.47. The summed E-state index contributed by atoms with van der Waals surface area (Å²) in [5.41, 5.74) is 0.850. The van der Waals surface area contributed by atoms with Gasteiger partial charge in [-0.25, -0.2) is 0 Å². The monoisotopic (exact) mass is 209 g/mol. The van der Waals surface area contributed by atoms with Gasteiger partial charge in [-0.05, 0) is 19.1 Å². The maximum Gasteiger partial charge on any atom is 0.229 e. The van der Waals surface area contributed by atoms with Crippen molar-refractivity contribution >= 4 is 24.4 Å². The Hall–Kier alpha value is -1.10. The highest BCUT2D eigenvalue weighted by molar-refractivity contribution is 7.81. The third-order valence-electron chi connectivity index (χ3n) is 2.16. The molecule has 74 valence electrons. The number of rotatable bonds is 1. The molecular formula is C9H11N3OS. The van der Waals surface area contributed by atoms with Gasteiger partial charge in [0.1, 0.15) is 0 Å². The topological polar surface area (TPSA) is 46.1 Å². The van der Waals surface area contributed by atoms with Crippen LogP contribution in [0.2, 0.25) is 0 Å². The average molecular weight is 209 g/mol. The minimum absolute atomic E-state index is 0.0724. The van der Waals surface area contributed by atoms with E-state index >= 15 is 0 Å². The molecule has 1 aliphatic heterocycles. The second-order valence-corrected chi connectivity index (χ2v) is 4.13. The molecule has 1 aromatic rings. The first kappa shape index (κ1) is 9.45. The number of amides is 1. The molecule has 1 saturated heterocycles. The van der Waals surface area contributed by atoms with Crippen LogP contribution in [0.4, 0.5) is 5.82 Å². The van der Waals surface area contributed by atoms with Crippen LogP contribution in [0.15, 0.2) is 12.1 Å². The van der Waals surface area contributed by atoms with Gasteiger partial charge < -0.3 is 0 Å². The zero-order valence-corrected chi connectivity index (χ0v) is 8.74. The number of carbonyl (C=O) groups excluding carboxylic acids is 1. The third-order valence-corrected chi connectivity index (χ3v) is 2.51. The van der Waals surface area contributed by atoms with E-state index in [9.17, 15) is 4.79 Å². The molecule has 2 rings (SSSR count). The Kier molecular flexibility index (Phi) is 2.41. The van der Waals surface area contributed by atoms with Gasteiger partial charge in [-0.2, -0.15) is 17.7 Å². The van der Waals surface area contributed by atoms with Crippen molar-refractivity contribution in [2.75, 3.05) is 11.4 Å². The maximum absolute atomic E-state index is 11.5. The van der Waals surface area contributed by atoms with Crippen molar-refractivity contribution in [3.8, 4) is 0 Å². The molecule has 0 saturated carbocycles. The maximum atomic E-state index is 11.5. The summed E-state index contributed by atoms with van der Waals surface area (Å²) in [6.07, 6.45) is 0.485. The first-order valence-electron chi connectivity index (χ1n) is 4.45. The highest BCUT2D eigenvalue weighted by atomic mass is 32.1. The lowest BCUT2D eigenvalue weighted by Crippen LogP contribution is -2.25. The Morgan fingerprint density at radius 2 is 2.29 bits per heavy atom. The number of hydrogen-bond acceptors (Lipinski definition) is 4. The molecule has 2 heterocycles. The lowest BCUT2D eigenvalue weighted by atomic mass is 10.4. The van der Waals surface area contributed by atoms with E-state index < -0.39 is 0 Å². The minimum Gasteiger partial charge on any atom is -0.294 e. The second kappa shape index (κ2) is 3.57. The number of thiol groups is 1. The molecule has 1 unspecified atom stereocenters. The van der Waals surface area contributed by atoms with Crippen LogP contribution in [0.25, 0.3) is 0 Å². The van der Waals surface area contributed by atoms with Crippen molar-refractivity contribution in [3.05, 3.63) is 17.8 Å². The molecule has 14 heavy (non-hydrogen) atoms. The van der Waals surface area contributed by atoms with Crippen LogP contribution in [-0.4, -0.2) is 27.9 Å². The van der Waals surface area contributed by atoms with Crippen molar-refractivity contribution in [1.82, 2.24) is 10.2 Å². The molecule has 1 atom stereocenters. The van der Waals surface area contributed by atoms with Crippen LogP contribution in [0.3, 0.4) is 0 Å². The van der Waals surface area contributed by atoms with Crippen molar-refractivity contribution in [3.63, 3.8) is 0 Å². The molecule has 0 aromatic carbocycles. The van der Waals surface area contributed by atoms with Crippen LogP contribution in [0.1, 0.15) is 12.1 Å². The van der Waals surface area contributed by atoms with E-state index in [1.807, 2.05) is 19.1 Å². The van der Waals surface area contributed by atoms with Gasteiger partial charge in [0, 0.05) is 18.2 Å². The van der Waals surface area contributed by atoms with Gasteiger partial charge >= 0.3 is 0 Å². The Labute approximate surface area is 87.7 Å². The molecular weight excluding hydrogens is 198 g/mol. The summed E-state index contributed by atoms with van der Waals surface area (Å²) in [4.78, 5) is 13.1. The Bertz CT molecular complexity index is 352. The van der Waals surface area contributed by atoms with E-state index in [4.69, 9.17) is 0 Å². The van der Waals surface area contributed by atoms with Crippen LogP contribution >= 0.6 is 12.6 Å². The van der Waals surface area contributed by atoms with Crippen LogP contribution in [0, 0.1) is 6.92 Å². The summed E-state index contributed by atoms with van der Waals surface area (Å²) in [5, 5.41) is 8.00. The Morgan fingerprint density at radius 3 is 2.79 bits per heavy atom. The van der Waals surface area contributed by atoms with Gasteiger partial charge in [-0.3, -0.25) is 9.69 Å². The molecule has 1 aromatic heterocycles. The third kappa shape index (κ3) is 1.72. The molecule has 0 aliphatic carbocycles. The first-order chi connectivity index (χ1) is 6.66. The van der Waals surface area contributed by atoms with E-state index in [-0.39, 0.29) is 11.2 Å². The van der Waals surface area contributed by atoms with Gasteiger partial charge in [0.05, 0.1) is 5.69 Å².